The van der Waals surface area contributed by atoms with Gasteiger partial charge in [-0.2, -0.15) is 4.98 Å². The minimum atomic E-state index is -0.233. The molecule has 21 heavy (non-hydrogen) atoms. The molecule has 0 aliphatic carbocycles. The van der Waals surface area contributed by atoms with Crippen LogP contribution in [-0.4, -0.2) is 40.7 Å². The topological polar surface area (TPSA) is 110 Å². The van der Waals surface area contributed by atoms with Gasteiger partial charge in [-0.1, -0.05) is 16.5 Å². The molecule has 0 aliphatic heterocycles. The van der Waals surface area contributed by atoms with Crippen molar-refractivity contribution in [1.82, 2.24) is 20.4 Å². The molecule has 2 heterocycles. The van der Waals surface area contributed by atoms with Crippen molar-refractivity contribution in [3.8, 4) is 0 Å². The van der Waals surface area contributed by atoms with E-state index in [1.54, 1.807) is 0 Å². The van der Waals surface area contributed by atoms with Crippen LogP contribution in [0.15, 0.2) is 10.9 Å². The second-order valence-electron chi connectivity index (χ2n) is 4.22. The van der Waals surface area contributed by atoms with Crippen molar-refractivity contribution in [1.29, 1.82) is 0 Å². The maximum absolute atomic E-state index is 12.1. The highest BCUT2D eigenvalue weighted by atomic mass is 32.1. The van der Waals surface area contributed by atoms with E-state index in [4.69, 9.17) is 10.3 Å². The maximum atomic E-state index is 12.1. The van der Waals surface area contributed by atoms with Crippen molar-refractivity contribution in [3.63, 3.8) is 0 Å². The lowest BCUT2D eigenvalue weighted by molar-refractivity contribution is 0.0958. The summed E-state index contributed by atoms with van der Waals surface area (Å²) in [6.45, 7) is 6.11. The van der Waals surface area contributed by atoms with Crippen molar-refractivity contribution >= 4 is 28.2 Å². The number of aromatic nitrogens is 3. The first-order valence-corrected chi connectivity index (χ1v) is 7.52. The van der Waals surface area contributed by atoms with Gasteiger partial charge in [0.05, 0.1) is 0 Å². The molecular formula is C12H18N6O2S. The van der Waals surface area contributed by atoms with Gasteiger partial charge in [0, 0.05) is 26.1 Å². The van der Waals surface area contributed by atoms with E-state index in [0.717, 1.165) is 18.2 Å². The molecule has 8 nitrogen and oxygen atoms in total. The number of thiazole rings is 1. The van der Waals surface area contributed by atoms with Crippen LogP contribution in [-0.2, 0) is 6.42 Å². The largest absolute Gasteiger partial charge is 0.382 e. The number of hydrogen-bond acceptors (Lipinski definition) is 8. The van der Waals surface area contributed by atoms with Crippen LogP contribution >= 0.6 is 11.3 Å². The van der Waals surface area contributed by atoms with Crippen molar-refractivity contribution < 1.29 is 9.32 Å². The summed E-state index contributed by atoms with van der Waals surface area (Å²) in [5.74, 6) is 0.511. The molecule has 0 unspecified atom stereocenters. The average Bonchev–Trinajstić information content (AvgIpc) is 3.10. The number of carbonyl (C=O) groups is 1. The van der Waals surface area contributed by atoms with E-state index in [-0.39, 0.29) is 11.7 Å². The fraction of sp³-hybridized carbons (Fsp3) is 0.500. The highest BCUT2D eigenvalue weighted by molar-refractivity contribution is 7.18. The van der Waals surface area contributed by atoms with Gasteiger partial charge < -0.3 is 20.5 Å². The lowest BCUT2D eigenvalue weighted by atomic mass is 10.4. The summed E-state index contributed by atoms with van der Waals surface area (Å²) in [5.41, 5.74) is 5.83. The minimum absolute atomic E-state index is 0.233. The smallest absolute Gasteiger partial charge is 0.265 e. The average molecular weight is 310 g/mol. The normalized spacial score (nSPS) is 10.6. The van der Waals surface area contributed by atoms with E-state index >= 15 is 0 Å². The summed E-state index contributed by atoms with van der Waals surface area (Å²) in [6, 6.07) is 0. The number of hydrogen-bond donors (Lipinski definition) is 2. The summed E-state index contributed by atoms with van der Waals surface area (Å²) >= 11 is 1.30. The van der Waals surface area contributed by atoms with Crippen LogP contribution in [0.3, 0.4) is 0 Å². The number of carbonyl (C=O) groups excluding carboxylic acids is 1. The standard InChI is InChI=1S/C12H18N6O2S/c1-3-18(4-2)12-17-10(13)9(21-12)11(19)14-6-5-8-15-7-16-20-8/h7H,3-6,13H2,1-2H3,(H,14,19). The van der Waals surface area contributed by atoms with Crippen molar-refractivity contribution in [3.05, 3.63) is 17.1 Å². The Hall–Kier alpha value is -2.16. The number of rotatable bonds is 7. The summed E-state index contributed by atoms with van der Waals surface area (Å²) in [5, 5.41) is 7.04. The molecule has 0 saturated carbocycles. The summed E-state index contributed by atoms with van der Waals surface area (Å²) in [4.78, 5) is 22.7. The first kappa shape index (κ1) is 15.2. The molecule has 2 rings (SSSR count). The Morgan fingerprint density at radius 2 is 2.24 bits per heavy atom. The molecule has 0 spiro atoms. The fourth-order valence-corrected chi connectivity index (χ4v) is 2.81. The first-order chi connectivity index (χ1) is 10.2. The van der Waals surface area contributed by atoms with Gasteiger partial charge in [-0.15, -0.1) is 0 Å². The van der Waals surface area contributed by atoms with E-state index in [9.17, 15) is 4.79 Å². The number of anilines is 2. The zero-order valence-corrected chi connectivity index (χ0v) is 12.8. The number of nitrogens with zero attached hydrogens (tertiary/aromatic N) is 4. The zero-order chi connectivity index (χ0) is 15.2. The predicted octanol–water partition coefficient (Wildman–Crippen LogP) is 0.927. The molecule has 0 bridgehead atoms. The van der Waals surface area contributed by atoms with Crippen LogP contribution in [0.4, 0.5) is 10.9 Å². The molecule has 9 heteroatoms. The van der Waals surface area contributed by atoms with Gasteiger partial charge in [-0.25, -0.2) is 4.98 Å². The molecule has 0 aliphatic rings. The molecule has 0 saturated heterocycles. The van der Waals surface area contributed by atoms with Gasteiger partial charge in [-0.05, 0) is 13.8 Å². The van der Waals surface area contributed by atoms with Crippen LogP contribution in [0.2, 0.25) is 0 Å². The SMILES string of the molecule is CCN(CC)c1nc(N)c(C(=O)NCCc2ncno2)s1. The lowest BCUT2D eigenvalue weighted by Gasteiger charge is -2.16. The van der Waals surface area contributed by atoms with Gasteiger partial charge in [0.25, 0.3) is 5.91 Å². The maximum Gasteiger partial charge on any atom is 0.265 e. The van der Waals surface area contributed by atoms with Gasteiger partial charge in [0.2, 0.25) is 5.89 Å². The Labute approximate surface area is 126 Å². The number of nitrogen functional groups attached to an aromatic ring is 1. The molecule has 114 valence electrons. The monoisotopic (exact) mass is 310 g/mol. The van der Waals surface area contributed by atoms with Gasteiger partial charge in [0.1, 0.15) is 10.7 Å². The van der Waals surface area contributed by atoms with Gasteiger partial charge in [-0.3, -0.25) is 4.79 Å². The molecule has 2 aromatic rings. The Morgan fingerprint density at radius 3 is 2.86 bits per heavy atom. The zero-order valence-electron chi connectivity index (χ0n) is 12.0. The minimum Gasteiger partial charge on any atom is -0.382 e. The summed E-state index contributed by atoms with van der Waals surface area (Å²) < 4.78 is 4.86. The van der Waals surface area contributed by atoms with Crippen molar-refractivity contribution in [2.75, 3.05) is 30.3 Å². The third-order valence-electron chi connectivity index (χ3n) is 2.91. The van der Waals surface area contributed by atoms with E-state index < -0.39 is 0 Å². The van der Waals surface area contributed by atoms with E-state index in [1.807, 2.05) is 13.8 Å². The summed E-state index contributed by atoms with van der Waals surface area (Å²) in [6.07, 6.45) is 1.81. The van der Waals surface area contributed by atoms with Crippen LogP contribution in [0.5, 0.6) is 0 Å². The Kier molecular flexibility index (Phi) is 5.09. The molecule has 0 aromatic carbocycles. The second-order valence-corrected chi connectivity index (χ2v) is 5.20. The molecule has 0 fully saturated rings. The first-order valence-electron chi connectivity index (χ1n) is 6.70. The summed E-state index contributed by atoms with van der Waals surface area (Å²) in [7, 11) is 0. The third kappa shape index (κ3) is 3.69. The Morgan fingerprint density at radius 1 is 1.48 bits per heavy atom. The Bertz CT molecular complexity index is 579. The number of nitrogens with two attached hydrogens (primary N) is 1. The van der Waals surface area contributed by atoms with Crippen molar-refractivity contribution in [2.24, 2.45) is 0 Å². The lowest BCUT2D eigenvalue weighted by Crippen LogP contribution is -2.25. The Balaban J connectivity index is 1.95. The van der Waals surface area contributed by atoms with E-state index in [2.05, 4.69) is 25.3 Å². The molecule has 3 N–H and O–H groups in total. The number of nitrogens with one attached hydrogen (secondary N) is 1. The van der Waals surface area contributed by atoms with Crippen molar-refractivity contribution in [2.45, 2.75) is 20.3 Å². The quantitative estimate of drug-likeness (QED) is 0.782. The van der Waals surface area contributed by atoms with Crippen LogP contribution in [0, 0.1) is 0 Å². The fourth-order valence-electron chi connectivity index (χ4n) is 1.78. The second kappa shape index (κ2) is 7.02. The highest BCUT2D eigenvalue weighted by Crippen LogP contribution is 2.27. The highest BCUT2D eigenvalue weighted by Gasteiger charge is 2.18. The molecule has 0 atom stereocenters. The van der Waals surface area contributed by atoms with Crippen LogP contribution in [0.1, 0.15) is 29.4 Å². The predicted molar refractivity (Wildman–Crippen MR) is 80.4 cm³/mol. The molecular weight excluding hydrogens is 292 g/mol. The van der Waals surface area contributed by atoms with Gasteiger partial charge in [0.15, 0.2) is 11.5 Å². The molecule has 2 aromatic heterocycles. The molecule has 0 radical (unpaired) electrons. The van der Waals surface area contributed by atoms with Gasteiger partial charge >= 0.3 is 0 Å². The van der Waals surface area contributed by atoms with Crippen LogP contribution in [0.25, 0.3) is 0 Å². The molecule has 1 amide bonds. The van der Waals surface area contributed by atoms with E-state index in [1.165, 1.54) is 17.7 Å². The van der Waals surface area contributed by atoms with Crippen LogP contribution < -0.4 is 16.0 Å². The van der Waals surface area contributed by atoms with E-state index in [0.29, 0.717) is 23.7 Å². The third-order valence-corrected chi connectivity index (χ3v) is 4.04. The number of amides is 1.